The summed E-state index contributed by atoms with van der Waals surface area (Å²) in [6, 6.07) is 13.0. The molecule has 0 unspecified atom stereocenters. The van der Waals surface area contributed by atoms with Crippen LogP contribution in [0.3, 0.4) is 0 Å². The van der Waals surface area contributed by atoms with Gasteiger partial charge < -0.3 is 10.3 Å². The summed E-state index contributed by atoms with van der Waals surface area (Å²) in [7, 11) is 0. The van der Waals surface area contributed by atoms with Gasteiger partial charge in [-0.05, 0) is 48.9 Å². The molecule has 5 heteroatoms. The quantitative estimate of drug-likeness (QED) is 0.689. The standard InChI is InChI=1S/C17H15F3N2/c1-11-7-13-9-15(21)5-6-16(13)22(11)10-12-3-2-4-14(8-12)17(18,19)20/h2-9H,10,21H2,1H3. The van der Waals surface area contributed by atoms with Gasteiger partial charge in [-0.15, -0.1) is 0 Å². The van der Waals surface area contributed by atoms with Gasteiger partial charge in [-0.25, -0.2) is 0 Å². The fraction of sp³-hybridized carbons (Fsp3) is 0.176. The molecule has 3 rings (SSSR count). The lowest BCUT2D eigenvalue weighted by atomic mass is 10.1. The number of benzene rings is 2. The first-order chi connectivity index (χ1) is 10.3. The van der Waals surface area contributed by atoms with Crippen LogP contribution in [0.4, 0.5) is 18.9 Å². The summed E-state index contributed by atoms with van der Waals surface area (Å²) in [5.74, 6) is 0. The number of aryl methyl sites for hydroxylation is 1. The fourth-order valence-electron chi connectivity index (χ4n) is 2.67. The Balaban J connectivity index is 2.02. The second kappa shape index (κ2) is 5.09. The minimum absolute atomic E-state index is 0.392. The Morgan fingerprint density at radius 3 is 2.55 bits per heavy atom. The summed E-state index contributed by atoms with van der Waals surface area (Å²) in [6.07, 6.45) is -4.32. The summed E-state index contributed by atoms with van der Waals surface area (Å²) >= 11 is 0. The largest absolute Gasteiger partial charge is 0.416 e. The summed E-state index contributed by atoms with van der Waals surface area (Å²) in [4.78, 5) is 0. The van der Waals surface area contributed by atoms with E-state index in [2.05, 4.69) is 0 Å². The molecule has 0 fully saturated rings. The van der Waals surface area contributed by atoms with E-state index in [0.29, 0.717) is 17.8 Å². The Bertz CT molecular complexity index is 832. The van der Waals surface area contributed by atoms with Crippen molar-refractivity contribution in [1.29, 1.82) is 0 Å². The zero-order valence-corrected chi connectivity index (χ0v) is 12.0. The minimum Gasteiger partial charge on any atom is -0.399 e. The Morgan fingerprint density at radius 2 is 1.82 bits per heavy atom. The maximum Gasteiger partial charge on any atom is 0.416 e. The number of hydrogen-bond donors (Lipinski definition) is 1. The van der Waals surface area contributed by atoms with E-state index in [1.807, 2.05) is 29.7 Å². The summed E-state index contributed by atoms with van der Waals surface area (Å²) in [5.41, 5.74) is 8.38. The molecule has 3 aromatic rings. The first-order valence-electron chi connectivity index (χ1n) is 6.86. The van der Waals surface area contributed by atoms with E-state index in [4.69, 9.17) is 5.73 Å². The Kier molecular flexibility index (Phi) is 3.35. The highest BCUT2D eigenvalue weighted by molar-refractivity contribution is 5.84. The van der Waals surface area contributed by atoms with Crippen LogP contribution in [0.25, 0.3) is 10.9 Å². The number of nitrogens with two attached hydrogens (primary N) is 1. The van der Waals surface area contributed by atoms with Crippen molar-refractivity contribution < 1.29 is 13.2 Å². The van der Waals surface area contributed by atoms with Gasteiger partial charge in [-0.3, -0.25) is 0 Å². The molecule has 0 spiro atoms. The van der Waals surface area contributed by atoms with Crippen LogP contribution in [-0.2, 0) is 12.7 Å². The molecule has 1 heterocycles. The lowest BCUT2D eigenvalue weighted by Gasteiger charge is -2.11. The number of nitrogen functional groups attached to an aromatic ring is 1. The highest BCUT2D eigenvalue weighted by atomic mass is 19.4. The van der Waals surface area contributed by atoms with E-state index in [1.54, 1.807) is 12.1 Å². The molecule has 0 aliphatic heterocycles. The Labute approximate surface area is 126 Å². The second-order valence-electron chi connectivity index (χ2n) is 5.39. The smallest absolute Gasteiger partial charge is 0.399 e. The van der Waals surface area contributed by atoms with E-state index < -0.39 is 11.7 Å². The third-order valence-corrected chi connectivity index (χ3v) is 3.73. The molecular weight excluding hydrogens is 289 g/mol. The zero-order valence-electron chi connectivity index (χ0n) is 12.0. The third-order valence-electron chi connectivity index (χ3n) is 3.73. The molecule has 1 aromatic heterocycles. The molecule has 2 nitrogen and oxygen atoms in total. The molecule has 22 heavy (non-hydrogen) atoms. The van der Waals surface area contributed by atoms with Crippen molar-refractivity contribution in [2.45, 2.75) is 19.6 Å². The second-order valence-corrected chi connectivity index (χ2v) is 5.39. The van der Waals surface area contributed by atoms with Crippen LogP contribution in [0, 0.1) is 6.92 Å². The summed E-state index contributed by atoms with van der Waals surface area (Å²) in [6.45, 7) is 2.33. The molecule has 0 aliphatic rings. The van der Waals surface area contributed by atoms with Crippen LogP contribution >= 0.6 is 0 Å². The van der Waals surface area contributed by atoms with Gasteiger partial charge in [0, 0.05) is 28.8 Å². The molecule has 0 aliphatic carbocycles. The van der Waals surface area contributed by atoms with Crippen LogP contribution in [-0.4, -0.2) is 4.57 Å². The molecule has 114 valence electrons. The number of alkyl halides is 3. The predicted molar refractivity (Wildman–Crippen MR) is 81.6 cm³/mol. The van der Waals surface area contributed by atoms with Gasteiger partial charge in [0.25, 0.3) is 0 Å². The van der Waals surface area contributed by atoms with E-state index in [-0.39, 0.29) is 0 Å². The first-order valence-corrected chi connectivity index (χ1v) is 6.86. The van der Waals surface area contributed by atoms with Gasteiger partial charge in [0.1, 0.15) is 0 Å². The molecular formula is C17H15F3N2. The van der Waals surface area contributed by atoms with Gasteiger partial charge in [0.15, 0.2) is 0 Å². The first kappa shape index (κ1) is 14.5. The number of hydrogen-bond acceptors (Lipinski definition) is 1. The molecule has 2 aromatic carbocycles. The number of nitrogens with zero attached hydrogens (tertiary/aromatic N) is 1. The normalized spacial score (nSPS) is 12.0. The SMILES string of the molecule is Cc1cc2cc(N)ccc2n1Cc1cccc(C(F)(F)F)c1. The average molecular weight is 304 g/mol. The molecule has 0 radical (unpaired) electrons. The number of aromatic nitrogens is 1. The van der Waals surface area contributed by atoms with Gasteiger partial charge in [0.05, 0.1) is 5.56 Å². The number of rotatable bonds is 2. The Hall–Kier alpha value is -2.43. The van der Waals surface area contributed by atoms with Crippen LogP contribution in [0.2, 0.25) is 0 Å². The summed E-state index contributed by atoms with van der Waals surface area (Å²) < 4.78 is 40.4. The lowest BCUT2D eigenvalue weighted by Crippen LogP contribution is -2.07. The van der Waals surface area contributed by atoms with Crippen molar-refractivity contribution in [3.63, 3.8) is 0 Å². The maximum absolute atomic E-state index is 12.8. The van der Waals surface area contributed by atoms with Gasteiger partial charge in [-0.2, -0.15) is 13.2 Å². The van der Waals surface area contributed by atoms with Crippen molar-refractivity contribution in [2.75, 3.05) is 5.73 Å². The highest BCUT2D eigenvalue weighted by Gasteiger charge is 2.30. The Morgan fingerprint density at radius 1 is 1.05 bits per heavy atom. The van der Waals surface area contributed by atoms with Crippen LogP contribution in [0.1, 0.15) is 16.8 Å². The fourth-order valence-corrected chi connectivity index (χ4v) is 2.67. The molecule has 2 N–H and O–H groups in total. The topological polar surface area (TPSA) is 30.9 Å². The van der Waals surface area contributed by atoms with Crippen molar-refractivity contribution >= 4 is 16.6 Å². The maximum atomic E-state index is 12.8. The average Bonchev–Trinajstić information content (AvgIpc) is 2.74. The predicted octanol–water partition coefficient (Wildman–Crippen LogP) is 4.60. The van der Waals surface area contributed by atoms with Gasteiger partial charge in [0.2, 0.25) is 0 Å². The van der Waals surface area contributed by atoms with Crippen LogP contribution < -0.4 is 5.73 Å². The van der Waals surface area contributed by atoms with Crippen molar-refractivity contribution in [1.82, 2.24) is 4.57 Å². The molecule has 0 saturated heterocycles. The molecule has 0 atom stereocenters. The lowest BCUT2D eigenvalue weighted by molar-refractivity contribution is -0.137. The van der Waals surface area contributed by atoms with Gasteiger partial charge in [-0.1, -0.05) is 12.1 Å². The minimum atomic E-state index is -4.32. The van der Waals surface area contributed by atoms with E-state index >= 15 is 0 Å². The van der Waals surface area contributed by atoms with E-state index in [0.717, 1.165) is 22.7 Å². The zero-order chi connectivity index (χ0) is 15.9. The summed E-state index contributed by atoms with van der Waals surface area (Å²) in [5, 5.41) is 0.990. The van der Waals surface area contributed by atoms with Crippen LogP contribution in [0.5, 0.6) is 0 Å². The van der Waals surface area contributed by atoms with E-state index in [1.165, 1.54) is 12.1 Å². The van der Waals surface area contributed by atoms with Crippen molar-refractivity contribution in [3.8, 4) is 0 Å². The molecule has 0 bridgehead atoms. The monoisotopic (exact) mass is 304 g/mol. The van der Waals surface area contributed by atoms with Crippen molar-refractivity contribution in [3.05, 3.63) is 65.4 Å². The highest BCUT2D eigenvalue weighted by Crippen LogP contribution is 2.30. The number of anilines is 1. The number of halogens is 3. The van der Waals surface area contributed by atoms with Gasteiger partial charge >= 0.3 is 6.18 Å². The van der Waals surface area contributed by atoms with E-state index in [9.17, 15) is 13.2 Å². The van der Waals surface area contributed by atoms with Crippen molar-refractivity contribution in [2.24, 2.45) is 0 Å². The molecule has 0 saturated carbocycles. The molecule has 0 amide bonds. The number of fused-ring (bicyclic) bond motifs is 1. The van der Waals surface area contributed by atoms with Crippen LogP contribution in [0.15, 0.2) is 48.5 Å². The third kappa shape index (κ3) is 2.66.